The molecule has 4 heteroatoms. The Labute approximate surface area is 176 Å². The summed E-state index contributed by atoms with van der Waals surface area (Å²) in [6, 6.07) is 23.4. The second kappa shape index (κ2) is 8.54. The summed E-state index contributed by atoms with van der Waals surface area (Å²) >= 11 is 5.91. The molecule has 1 amide bonds. The summed E-state index contributed by atoms with van der Waals surface area (Å²) in [6.45, 7) is 3.29. The fourth-order valence-corrected chi connectivity index (χ4v) is 3.59. The smallest absolute Gasteiger partial charge is 0.258 e. The molecule has 0 aliphatic carbocycles. The van der Waals surface area contributed by atoms with E-state index in [9.17, 15) is 4.79 Å². The highest BCUT2D eigenvalue weighted by Crippen LogP contribution is 2.37. The lowest BCUT2D eigenvalue weighted by Gasteiger charge is -2.15. The molecule has 0 bridgehead atoms. The van der Waals surface area contributed by atoms with Crippen molar-refractivity contribution in [3.63, 3.8) is 0 Å². The highest BCUT2D eigenvalue weighted by molar-refractivity contribution is 6.35. The molecule has 1 aliphatic rings. The Kier molecular flexibility index (Phi) is 5.68. The summed E-state index contributed by atoms with van der Waals surface area (Å²) in [5, 5.41) is 0.715. The molecule has 29 heavy (non-hydrogen) atoms. The fourth-order valence-electron chi connectivity index (χ4n) is 3.47. The van der Waals surface area contributed by atoms with E-state index in [4.69, 9.17) is 16.3 Å². The number of halogens is 1. The van der Waals surface area contributed by atoms with Crippen LogP contribution in [0.15, 0.2) is 72.8 Å². The van der Waals surface area contributed by atoms with Crippen LogP contribution in [-0.2, 0) is 11.4 Å². The maximum absolute atomic E-state index is 12.9. The van der Waals surface area contributed by atoms with Gasteiger partial charge in [-0.1, -0.05) is 61.0 Å². The van der Waals surface area contributed by atoms with Crippen molar-refractivity contribution in [1.29, 1.82) is 0 Å². The van der Waals surface area contributed by atoms with Gasteiger partial charge in [-0.15, -0.1) is 0 Å². The van der Waals surface area contributed by atoms with E-state index in [0.717, 1.165) is 46.7 Å². The molecular formula is C25H22ClNO2. The lowest BCUT2D eigenvalue weighted by molar-refractivity contribution is -0.113. The number of ether oxygens (including phenoxy) is 1. The van der Waals surface area contributed by atoms with Crippen molar-refractivity contribution in [2.45, 2.75) is 20.0 Å². The lowest BCUT2D eigenvalue weighted by atomic mass is 10.0. The van der Waals surface area contributed by atoms with Gasteiger partial charge < -0.3 is 9.64 Å². The zero-order chi connectivity index (χ0) is 20.2. The normalized spacial score (nSPS) is 14.3. The molecule has 0 fully saturated rings. The molecular weight excluding hydrogens is 382 g/mol. The van der Waals surface area contributed by atoms with E-state index in [0.29, 0.717) is 11.6 Å². The van der Waals surface area contributed by atoms with E-state index in [1.807, 2.05) is 83.8 Å². The van der Waals surface area contributed by atoms with Gasteiger partial charge in [-0.25, -0.2) is 0 Å². The van der Waals surface area contributed by atoms with Gasteiger partial charge in [0.2, 0.25) is 0 Å². The van der Waals surface area contributed by atoms with E-state index in [1.165, 1.54) is 0 Å². The monoisotopic (exact) mass is 403 g/mol. The summed E-state index contributed by atoms with van der Waals surface area (Å²) < 4.78 is 5.84. The average Bonchev–Trinajstić information content (AvgIpc) is 3.01. The lowest BCUT2D eigenvalue weighted by Crippen LogP contribution is -2.26. The first-order chi connectivity index (χ1) is 14.2. The van der Waals surface area contributed by atoms with Gasteiger partial charge in [0.15, 0.2) is 0 Å². The molecule has 1 aliphatic heterocycles. The van der Waals surface area contributed by atoms with Crippen molar-refractivity contribution in [3.05, 3.63) is 94.5 Å². The van der Waals surface area contributed by atoms with Crippen LogP contribution in [0.3, 0.4) is 0 Å². The quantitative estimate of drug-likeness (QED) is 0.457. The highest BCUT2D eigenvalue weighted by Gasteiger charge is 2.31. The molecule has 3 nitrogen and oxygen atoms in total. The number of rotatable bonds is 6. The van der Waals surface area contributed by atoms with Crippen LogP contribution in [0.2, 0.25) is 5.02 Å². The second-order valence-electron chi connectivity index (χ2n) is 7.02. The van der Waals surface area contributed by atoms with Gasteiger partial charge in [-0.05, 0) is 54.0 Å². The van der Waals surface area contributed by atoms with Crippen LogP contribution in [-0.4, -0.2) is 12.5 Å². The number of para-hydroxylation sites is 1. The van der Waals surface area contributed by atoms with Gasteiger partial charge >= 0.3 is 0 Å². The largest absolute Gasteiger partial charge is 0.489 e. The van der Waals surface area contributed by atoms with Crippen LogP contribution in [0.4, 0.5) is 5.69 Å². The maximum Gasteiger partial charge on any atom is 0.258 e. The first kappa shape index (κ1) is 19.3. The third-order valence-corrected chi connectivity index (χ3v) is 5.17. The molecule has 0 saturated carbocycles. The summed E-state index contributed by atoms with van der Waals surface area (Å²) in [6.07, 6.45) is 2.88. The summed E-state index contributed by atoms with van der Waals surface area (Å²) in [5.41, 5.74) is 4.76. The third kappa shape index (κ3) is 4.20. The first-order valence-electron chi connectivity index (χ1n) is 9.76. The average molecular weight is 404 g/mol. The van der Waals surface area contributed by atoms with Gasteiger partial charge in [0.05, 0.1) is 5.69 Å². The van der Waals surface area contributed by atoms with Crippen molar-refractivity contribution in [2.75, 3.05) is 11.4 Å². The fraction of sp³-hybridized carbons (Fsp3) is 0.160. The molecule has 3 aromatic rings. The Balaban J connectivity index is 1.51. The topological polar surface area (TPSA) is 29.5 Å². The number of nitrogens with zero attached hydrogens (tertiary/aromatic N) is 1. The number of carbonyl (C=O) groups excluding carboxylic acids is 1. The molecule has 0 spiro atoms. The van der Waals surface area contributed by atoms with E-state index < -0.39 is 0 Å². The predicted molar refractivity (Wildman–Crippen MR) is 119 cm³/mol. The van der Waals surface area contributed by atoms with Crippen LogP contribution >= 0.6 is 11.6 Å². The molecule has 0 atom stereocenters. The van der Waals surface area contributed by atoms with Crippen molar-refractivity contribution in [3.8, 4) is 5.75 Å². The summed E-state index contributed by atoms with van der Waals surface area (Å²) in [5.74, 6) is 0.851. The van der Waals surface area contributed by atoms with Gasteiger partial charge in [0.1, 0.15) is 12.4 Å². The number of hydrogen-bond donors (Lipinski definition) is 0. The zero-order valence-corrected chi connectivity index (χ0v) is 17.0. The Bertz CT molecular complexity index is 1040. The third-order valence-electron chi connectivity index (χ3n) is 4.92. The minimum atomic E-state index is 0.0658. The molecule has 3 aromatic carbocycles. The molecule has 146 valence electrons. The van der Waals surface area contributed by atoms with Gasteiger partial charge in [0, 0.05) is 22.7 Å². The van der Waals surface area contributed by atoms with Gasteiger partial charge in [-0.2, -0.15) is 0 Å². The van der Waals surface area contributed by atoms with Crippen LogP contribution in [0.1, 0.15) is 30.0 Å². The minimum absolute atomic E-state index is 0.0658. The predicted octanol–water partition coefficient (Wildman–Crippen LogP) is 6.22. The highest BCUT2D eigenvalue weighted by atomic mass is 35.5. The van der Waals surface area contributed by atoms with E-state index in [1.54, 1.807) is 0 Å². The van der Waals surface area contributed by atoms with Crippen molar-refractivity contribution < 1.29 is 9.53 Å². The van der Waals surface area contributed by atoms with E-state index >= 15 is 0 Å². The second-order valence-corrected chi connectivity index (χ2v) is 7.45. The minimum Gasteiger partial charge on any atom is -0.489 e. The van der Waals surface area contributed by atoms with Crippen molar-refractivity contribution in [2.24, 2.45) is 0 Å². The molecule has 0 N–H and O–H groups in total. The van der Waals surface area contributed by atoms with Crippen LogP contribution in [0.5, 0.6) is 5.75 Å². The number of carbonyl (C=O) groups is 1. The summed E-state index contributed by atoms with van der Waals surface area (Å²) in [7, 11) is 0. The van der Waals surface area contributed by atoms with Crippen molar-refractivity contribution in [1.82, 2.24) is 0 Å². The number of benzene rings is 3. The molecule has 4 rings (SSSR count). The number of anilines is 1. The van der Waals surface area contributed by atoms with Crippen LogP contribution < -0.4 is 9.64 Å². The SMILES string of the molecule is CCCN1C(=O)/C(=C\c2ccc(OCc3ccc(Cl)cc3)cc2)c2ccccc21. The van der Waals surface area contributed by atoms with Gasteiger partial charge in [-0.3, -0.25) is 4.79 Å². The standard InChI is InChI=1S/C25H22ClNO2/c1-2-15-27-24-6-4-3-5-22(24)23(25(27)28)16-18-9-13-21(14-10-18)29-17-19-7-11-20(26)12-8-19/h3-14,16H,2,15,17H2,1H3/b23-16-. The Morgan fingerprint density at radius 1 is 0.966 bits per heavy atom. The maximum atomic E-state index is 12.9. The number of hydrogen-bond acceptors (Lipinski definition) is 2. The number of fused-ring (bicyclic) bond motifs is 1. The molecule has 0 radical (unpaired) electrons. The van der Waals surface area contributed by atoms with Crippen LogP contribution in [0, 0.1) is 0 Å². The molecule has 0 aromatic heterocycles. The first-order valence-corrected chi connectivity index (χ1v) is 10.1. The zero-order valence-electron chi connectivity index (χ0n) is 16.3. The van der Waals surface area contributed by atoms with Gasteiger partial charge in [0.25, 0.3) is 5.91 Å². The Hall–Kier alpha value is -3.04. The van der Waals surface area contributed by atoms with E-state index in [2.05, 4.69) is 6.92 Å². The molecule has 0 saturated heterocycles. The molecule has 0 unspecified atom stereocenters. The molecule has 1 heterocycles. The Morgan fingerprint density at radius 3 is 2.41 bits per heavy atom. The summed E-state index contributed by atoms with van der Waals surface area (Å²) in [4.78, 5) is 14.8. The van der Waals surface area contributed by atoms with Crippen LogP contribution in [0.25, 0.3) is 11.6 Å². The number of amides is 1. The Morgan fingerprint density at radius 2 is 1.69 bits per heavy atom. The van der Waals surface area contributed by atoms with Crippen molar-refractivity contribution >= 4 is 34.8 Å². The van der Waals surface area contributed by atoms with E-state index in [-0.39, 0.29) is 5.91 Å².